The Labute approximate surface area is 160 Å². The lowest BCUT2D eigenvalue weighted by Gasteiger charge is -2.14. The van der Waals surface area contributed by atoms with Crippen LogP contribution in [0.3, 0.4) is 0 Å². The molecular weight excluding hydrogens is 370 g/mol. The minimum atomic E-state index is -0.646. The average Bonchev–Trinajstić information content (AvgIpc) is 2.67. The zero-order valence-electron chi connectivity index (χ0n) is 15.1. The fraction of sp³-hybridized carbons (Fsp3) is 0.211. The fourth-order valence-electron chi connectivity index (χ4n) is 2.79. The van der Waals surface area contributed by atoms with Crippen molar-refractivity contribution in [2.75, 3.05) is 19.5 Å². The van der Waals surface area contributed by atoms with Gasteiger partial charge in [-0.3, -0.25) is 9.59 Å². The van der Waals surface area contributed by atoms with E-state index in [0.717, 1.165) is 0 Å². The number of fused-ring (bicyclic) bond motifs is 1. The maximum Gasteiger partial charge on any atom is 0.282 e. The van der Waals surface area contributed by atoms with Crippen LogP contribution in [0.25, 0.3) is 11.0 Å². The maximum absolute atomic E-state index is 12.8. The Morgan fingerprint density at radius 2 is 1.89 bits per heavy atom. The summed E-state index contributed by atoms with van der Waals surface area (Å²) >= 11 is 6.13. The molecule has 2 aromatic carbocycles. The largest absolute Gasteiger partial charge is 0.495 e. The van der Waals surface area contributed by atoms with Gasteiger partial charge >= 0.3 is 0 Å². The highest BCUT2D eigenvalue weighted by molar-refractivity contribution is 6.32. The Kier molecular flexibility index (Phi) is 5.32. The van der Waals surface area contributed by atoms with Crippen molar-refractivity contribution >= 4 is 34.2 Å². The minimum absolute atomic E-state index is 0.204. The number of carbonyl (C=O) groups excluding carboxylic acids is 1. The third kappa shape index (κ3) is 3.46. The molecule has 7 nitrogen and oxygen atoms in total. The second kappa shape index (κ2) is 7.67. The number of methoxy groups -OCH3 is 2. The van der Waals surface area contributed by atoms with Crippen LogP contribution < -0.4 is 20.3 Å². The molecule has 3 aromatic rings. The van der Waals surface area contributed by atoms with Crippen LogP contribution in [0.1, 0.15) is 17.4 Å². The van der Waals surface area contributed by atoms with E-state index in [0.29, 0.717) is 39.8 Å². The molecule has 140 valence electrons. The molecule has 0 aliphatic heterocycles. The Hall–Kier alpha value is -3.06. The molecule has 0 radical (unpaired) electrons. The van der Waals surface area contributed by atoms with Crippen molar-refractivity contribution in [2.24, 2.45) is 0 Å². The van der Waals surface area contributed by atoms with E-state index in [4.69, 9.17) is 21.1 Å². The van der Waals surface area contributed by atoms with Gasteiger partial charge in [0.05, 0.1) is 36.0 Å². The first-order valence-corrected chi connectivity index (χ1v) is 8.60. The number of rotatable bonds is 5. The number of halogens is 1. The van der Waals surface area contributed by atoms with Gasteiger partial charge in [-0.25, -0.2) is 4.98 Å². The number of para-hydroxylation sites is 2. The second-order valence-corrected chi connectivity index (χ2v) is 6.05. The number of amides is 1. The van der Waals surface area contributed by atoms with E-state index in [-0.39, 0.29) is 5.69 Å². The topological polar surface area (TPSA) is 82.5 Å². The Morgan fingerprint density at radius 1 is 1.19 bits per heavy atom. The minimum Gasteiger partial charge on any atom is -0.495 e. The van der Waals surface area contributed by atoms with Gasteiger partial charge in [-0.15, -0.1) is 0 Å². The predicted octanol–water partition coefficient (Wildman–Crippen LogP) is 3.34. The SMILES string of the molecule is CCn1c(=O)c(C(=O)Nc2cc(Cl)c(OC)cc2OC)nc2ccccc21. The normalized spacial score (nSPS) is 10.7. The first-order chi connectivity index (χ1) is 13.0. The Balaban J connectivity index is 2.06. The number of hydrogen-bond acceptors (Lipinski definition) is 5. The highest BCUT2D eigenvalue weighted by atomic mass is 35.5. The monoisotopic (exact) mass is 387 g/mol. The lowest BCUT2D eigenvalue weighted by molar-refractivity contribution is 0.102. The highest BCUT2D eigenvalue weighted by Crippen LogP contribution is 2.36. The highest BCUT2D eigenvalue weighted by Gasteiger charge is 2.19. The maximum atomic E-state index is 12.8. The van der Waals surface area contributed by atoms with Crippen LogP contribution in [0, 0.1) is 0 Å². The third-order valence-corrected chi connectivity index (χ3v) is 4.40. The molecule has 0 atom stereocenters. The molecule has 1 N–H and O–H groups in total. The van der Waals surface area contributed by atoms with Crippen molar-refractivity contribution in [1.82, 2.24) is 9.55 Å². The van der Waals surface area contributed by atoms with Crippen molar-refractivity contribution in [3.8, 4) is 11.5 Å². The zero-order chi connectivity index (χ0) is 19.6. The molecule has 8 heteroatoms. The molecule has 3 rings (SSSR count). The van der Waals surface area contributed by atoms with Gasteiger partial charge < -0.3 is 19.4 Å². The van der Waals surface area contributed by atoms with E-state index in [9.17, 15) is 9.59 Å². The van der Waals surface area contributed by atoms with Crippen molar-refractivity contribution in [1.29, 1.82) is 0 Å². The van der Waals surface area contributed by atoms with Gasteiger partial charge in [-0.2, -0.15) is 0 Å². The molecule has 0 spiro atoms. The number of nitrogens with one attached hydrogen (secondary N) is 1. The predicted molar refractivity (Wildman–Crippen MR) is 104 cm³/mol. The smallest absolute Gasteiger partial charge is 0.282 e. The van der Waals surface area contributed by atoms with Crippen LogP contribution in [-0.4, -0.2) is 29.7 Å². The average molecular weight is 388 g/mol. The van der Waals surface area contributed by atoms with E-state index in [1.54, 1.807) is 24.3 Å². The van der Waals surface area contributed by atoms with Gasteiger partial charge in [0.15, 0.2) is 5.69 Å². The van der Waals surface area contributed by atoms with Gasteiger partial charge in [0.1, 0.15) is 11.5 Å². The summed E-state index contributed by atoms with van der Waals surface area (Å²) in [6, 6.07) is 10.2. The van der Waals surface area contributed by atoms with E-state index >= 15 is 0 Å². The lowest BCUT2D eigenvalue weighted by atomic mass is 10.2. The van der Waals surface area contributed by atoms with Crippen molar-refractivity contribution in [3.05, 3.63) is 57.5 Å². The molecule has 0 fully saturated rings. The zero-order valence-corrected chi connectivity index (χ0v) is 15.8. The first kappa shape index (κ1) is 18.7. The van der Waals surface area contributed by atoms with Crippen LogP contribution in [0.2, 0.25) is 5.02 Å². The van der Waals surface area contributed by atoms with E-state index in [2.05, 4.69) is 10.3 Å². The van der Waals surface area contributed by atoms with Gasteiger partial charge in [0.25, 0.3) is 11.5 Å². The molecule has 1 heterocycles. The van der Waals surface area contributed by atoms with Crippen LogP contribution in [0.15, 0.2) is 41.2 Å². The summed E-state index contributed by atoms with van der Waals surface area (Å²) in [5, 5.41) is 2.94. The molecule has 1 aromatic heterocycles. The Bertz CT molecular complexity index is 1080. The standard InChI is InChI=1S/C19H18ClN3O4/c1-4-23-14-8-6-5-7-12(14)21-17(19(23)25)18(24)22-13-9-11(20)15(26-2)10-16(13)27-3/h5-10H,4H2,1-3H3,(H,22,24). The molecule has 0 saturated heterocycles. The fourth-order valence-corrected chi connectivity index (χ4v) is 3.03. The van der Waals surface area contributed by atoms with Crippen molar-refractivity contribution in [3.63, 3.8) is 0 Å². The number of ether oxygens (including phenoxy) is 2. The molecule has 0 aliphatic carbocycles. The molecule has 27 heavy (non-hydrogen) atoms. The summed E-state index contributed by atoms with van der Waals surface area (Å²) in [4.78, 5) is 29.7. The molecule has 0 unspecified atom stereocenters. The molecule has 1 amide bonds. The van der Waals surface area contributed by atoms with Gasteiger partial charge in [0.2, 0.25) is 0 Å². The number of benzene rings is 2. The summed E-state index contributed by atoms with van der Waals surface area (Å²) in [6.07, 6.45) is 0. The first-order valence-electron chi connectivity index (χ1n) is 8.22. The van der Waals surface area contributed by atoms with E-state index < -0.39 is 11.5 Å². The van der Waals surface area contributed by atoms with Gasteiger partial charge in [-0.1, -0.05) is 23.7 Å². The van der Waals surface area contributed by atoms with Crippen LogP contribution in [0.4, 0.5) is 5.69 Å². The summed E-state index contributed by atoms with van der Waals surface area (Å²) in [5.74, 6) is 0.109. The molecule has 0 aliphatic rings. The van der Waals surface area contributed by atoms with Crippen molar-refractivity contribution in [2.45, 2.75) is 13.5 Å². The molecule has 0 bridgehead atoms. The van der Waals surface area contributed by atoms with Gasteiger partial charge in [-0.05, 0) is 25.1 Å². The Morgan fingerprint density at radius 3 is 2.56 bits per heavy atom. The number of anilines is 1. The van der Waals surface area contributed by atoms with Crippen molar-refractivity contribution < 1.29 is 14.3 Å². The summed E-state index contributed by atoms with van der Waals surface area (Å²) in [5.41, 5.74) is 0.873. The van der Waals surface area contributed by atoms with Crippen LogP contribution in [-0.2, 0) is 6.54 Å². The number of nitrogens with zero attached hydrogens (tertiary/aromatic N) is 2. The lowest BCUT2D eigenvalue weighted by Crippen LogP contribution is -2.31. The number of hydrogen-bond donors (Lipinski definition) is 1. The third-order valence-electron chi connectivity index (χ3n) is 4.11. The second-order valence-electron chi connectivity index (χ2n) is 5.64. The number of carbonyl (C=O) groups is 1. The summed E-state index contributed by atoms with van der Waals surface area (Å²) < 4.78 is 11.9. The summed E-state index contributed by atoms with van der Waals surface area (Å²) in [7, 11) is 2.93. The number of aryl methyl sites for hydroxylation is 1. The molecule has 0 saturated carbocycles. The van der Waals surface area contributed by atoms with Gasteiger partial charge in [0, 0.05) is 12.6 Å². The van der Waals surface area contributed by atoms with Crippen LogP contribution >= 0.6 is 11.6 Å². The summed E-state index contributed by atoms with van der Waals surface area (Å²) in [6.45, 7) is 2.25. The number of aromatic nitrogens is 2. The van der Waals surface area contributed by atoms with Crippen LogP contribution in [0.5, 0.6) is 11.5 Å². The quantitative estimate of drug-likeness (QED) is 0.726. The molecular formula is C19H18ClN3O4. The van der Waals surface area contributed by atoms with E-state index in [1.165, 1.54) is 24.9 Å². The van der Waals surface area contributed by atoms with E-state index in [1.807, 2.05) is 13.0 Å².